The van der Waals surface area contributed by atoms with Crippen molar-refractivity contribution in [2.24, 2.45) is 0 Å². The first-order valence-corrected chi connectivity index (χ1v) is 6.69. The third-order valence-corrected chi connectivity index (χ3v) is 3.37. The molecule has 0 bridgehead atoms. The van der Waals surface area contributed by atoms with Crippen LogP contribution in [0.2, 0.25) is 0 Å². The summed E-state index contributed by atoms with van der Waals surface area (Å²) >= 11 is 0. The predicted octanol–water partition coefficient (Wildman–Crippen LogP) is 1.66. The summed E-state index contributed by atoms with van der Waals surface area (Å²) in [5, 5.41) is 10.2. The molecule has 0 aromatic carbocycles. The van der Waals surface area contributed by atoms with Gasteiger partial charge in [0, 0.05) is 13.7 Å². The average Bonchev–Trinajstić information content (AvgIpc) is 2.70. The van der Waals surface area contributed by atoms with Crippen molar-refractivity contribution < 1.29 is 32.5 Å². The molecule has 2 heterocycles. The van der Waals surface area contributed by atoms with Crippen LogP contribution < -0.4 is 9.64 Å². The summed E-state index contributed by atoms with van der Waals surface area (Å²) in [6.07, 6.45) is -6.31. The maximum atomic E-state index is 13.1. The molecule has 2 unspecified atom stereocenters. The van der Waals surface area contributed by atoms with E-state index in [1.54, 1.807) is 6.92 Å². The Labute approximate surface area is 130 Å². The molecule has 1 saturated heterocycles. The van der Waals surface area contributed by atoms with Crippen LogP contribution in [0.3, 0.4) is 0 Å². The van der Waals surface area contributed by atoms with Gasteiger partial charge >= 0.3 is 12.2 Å². The van der Waals surface area contributed by atoms with Crippen LogP contribution >= 0.6 is 0 Å². The van der Waals surface area contributed by atoms with Crippen LogP contribution in [0.5, 0.6) is 5.75 Å². The van der Waals surface area contributed by atoms with Gasteiger partial charge in [0.15, 0.2) is 12.5 Å². The number of ether oxygens (including phenoxy) is 2. The number of nitrogens with zero attached hydrogens (tertiary/aromatic N) is 3. The molecule has 2 amide bonds. The lowest BCUT2D eigenvalue weighted by molar-refractivity contribution is -0.138. The van der Waals surface area contributed by atoms with E-state index in [0.29, 0.717) is 6.07 Å². The fourth-order valence-corrected chi connectivity index (χ4v) is 2.27. The molecular formula is C13H16F3N3O4. The van der Waals surface area contributed by atoms with Crippen LogP contribution in [-0.4, -0.2) is 54.2 Å². The lowest BCUT2D eigenvalue weighted by atomic mass is 10.2. The van der Waals surface area contributed by atoms with E-state index in [-0.39, 0.29) is 12.4 Å². The third kappa shape index (κ3) is 3.04. The Morgan fingerprint density at radius 3 is 2.61 bits per heavy atom. The summed E-state index contributed by atoms with van der Waals surface area (Å²) in [5.41, 5.74) is -1.09. The molecule has 7 nitrogen and oxygen atoms in total. The molecule has 1 N–H and O–H groups in total. The van der Waals surface area contributed by atoms with Gasteiger partial charge in [-0.2, -0.15) is 13.2 Å². The molecule has 1 aromatic heterocycles. The van der Waals surface area contributed by atoms with Gasteiger partial charge in [0.1, 0.15) is 17.1 Å². The lowest BCUT2D eigenvalue weighted by Gasteiger charge is -2.22. The van der Waals surface area contributed by atoms with Crippen molar-refractivity contribution in [3.8, 4) is 5.75 Å². The highest BCUT2D eigenvalue weighted by Gasteiger charge is 2.46. The highest BCUT2D eigenvalue weighted by molar-refractivity contribution is 5.94. The summed E-state index contributed by atoms with van der Waals surface area (Å²) in [4.78, 5) is 17.8. The number of aliphatic hydroxyl groups excluding tert-OH is 1. The van der Waals surface area contributed by atoms with Crippen molar-refractivity contribution in [3.63, 3.8) is 0 Å². The number of hydrogen-bond acceptors (Lipinski definition) is 5. The van der Waals surface area contributed by atoms with Crippen LogP contribution in [0, 0.1) is 0 Å². The van der Waals surface area contributed by atoms with Gasteiger partial charge in [-0.05, 0) is 13.0 Å². The number of alkyl halides is 3. The molecule has 0 radical (unpaired) electrons. The molecule has 1 aliphatic rings. The molecule has 2 atom stereocenters. The summed E-state index contributed by atoms with van der Waals surface area (Å²) in [5.74, 6) is -0.818. The fourth-order valence-electron chi connectivity index (χ4n) is 2.27. The maximum absolute atomic E-state index is 13.1. The van der Waals surface area contributed by atoms with Gasteiger partial charge in [-0.15, -0.1) is 0 Å². The van der Waals surface area contributed by atoms with Crippen LogP contribution in [0.25, 0.3) is 0 Å². The monoisotopic (exact) mass is 335 g/mol. The van der Waals surface area contributed by atoms with Crippen molar-refractivity contribution in [1.29, 1.82) is 0 Å². The first-order valence-electron chi connectivity index (χ1n) is 6.69. The van der Waals surface area contributed by atoms with Gasteiger partial charge in [0.25, 0.3) is 0 Å². The zero-order valence-corrected chi connectivity index (χ0v) is 12.7. The molecule has 1 fully saturated rings. The lowest BCUT2D eigenvalue weighted by Crippen LogP contribution is -2.38. The number of carbonyl (C=O) groups excluding carboxylic acids is 1. The van der Waals surface area contributed by atoms with Crippen molar-refractivity contribution >= 4 is 11.8 Å². The van der Waals surface area contributed by atoms with E-state index in [1.807, 2.05) is 0 Å². The zero-order chi connectivity index (χ0) is 17.4. The topological polar surface area (TPSA) is 75.1 Å². The highest BCUT2D eigenvalue weighted by atomic mass is 19.4. The Morgan fingerprint density at radius 1 is 1.43 bits per heavy atom. The molecular weight excluding hydrogens is 319 g/mol. The number of rotatable bonds is 4. The minimum atomic E-state index is -4.69. The fraction of sp³-hybridized carbons (Fsp3) is 0.538. The number of aliphatic hydroxyl groups is 1. The predicted molar refractivity (Wildman–Crippen MR) is 72.8 cm³/mol. The van der Waals surface area contributed by atoms with Crippen molar-refractivity contribution in [2.75, 3.05) is 25.7 Å². The second kappa shape index (κ2) is 6.20. The summed E-state index contributed by atoms with van der Waals surface area (Å²) < 4.78 is 49.1. The number of urea groups is 1. The molecule has 128 valence electrons. The Hall–Kier alpha value is -2.07. The standard InChI is InChI=1S/C13H16F3N3O4/c1-4-23-11-10(20)19(12(21)18(11)2)9-5-7(13(14,15)16)8(22-3)6-17-9/h5-6,10-11,20H,4H2,1-3H3. The maximum Gasteiger partial charge on any atom is 0.420 e. The Kier molecular flexibility index (Phi) is 4.66. The van der Waals surface area contributed by atoms with Gasteiger partial charge < -0.3 is 14.6 Å². The third-order valence-electron chi connectivity index (χ3n) is 3.37. The number of pyridine rings is 1. The van der Waals surface area contributed by atoms with Gasteiger partial charge in [-0.25, -0.2) is 14.7 Å². The van der Waals surface area contributed by atoms with Crippen LogP contribution in [0.15, 0.2) is 12.3 Å². The first-order chi connectivity index (χ1) is 10.7. The minimum absolute atomic E-state index is 0.219. The first kappa shape index (κ1) is 17.3. The SMILES string of the molecule is CCOC1C(O)N(c2cc(C(F)(F)F)c(OC)cn2)C(=O)N1C. The second-order valence-electron chi connectivity index (χ2n) is 4.76. The summed E-state index contributed by atoms with van der Waals surface area (Å²) in [6.45, 7) is 1.89. The number of amides is 2. The number of likely N-dealkylation sites (N-methyl/N-ethyl adjacent to an activating group) is 1. The Balaban J connectivity index is 2.44. The molecule has 1 aromatic rings. The number of hydrogen-bond donors (Lipinski definition) is 1. The molecule has 0 aliphatic carbocycles. The van der Waals surface area contributed by atoms with Crippen LogP contribution in [-0.2, 0) is 10.9 Å². The van der Waals surface area contributed by atoms with E-state index in [4.69, 9.17) is 4.74 Å². The molecule has 2 rings (SSSR count). The van der Waals surface area contributed by atoms with E-state index < -0.39 is 36.0 Å². The highest BCUT2D eigenvalue weighted by Crippen LogP contribution is 2.38. The number of methoxy groups -OCH3 is 1. The normalized spacial score (nSPS) is 22.0. The minimum Gasteiger partial charge on any atom is -0.494 e. The quantitative estimate of drug-likeness (QED) is 0.906. The Morgan fingerprint density at radius 2 is 2.09 bits per heavy atom. The number of carbonyl (C=O) groups is 1. The van der Waals surface area contributed by atoms with E-state index in [2.05, 4.69) is 9.72 Å². The van der Waals surface area contributed by atoms with E-state index in [0.717, 1.165) is 23.1 Å². The van der Waals surface area contributed by atoms with Gasteiger partial charge in [0.05, 0.1) is 13.3 Å². The van der Waals surface area contributed by atoms with E-state index >= 15 is 0 Å². The molecule has 0 saturated carbocycles. The van der Waals surface area contributed by atoms with E-state index in [1.165, 1.54) is 7.05 Å². The molecule has 23 heavy (non-hydrogen) atoms. The van der Waals surface area contributed by atoms with Gasteiger partial charge in [-0.3, -0.25) is 4.90 Å². The van der Waals surface area contributed by atoms with Gasteiger partial charge in [0.2, 0.25) is 0 Å². The second-order valence-corrected chi connectivity index (χ2v) is 4.76. The number of aromatic nitrogens is 1. The summed E-state index contributed by atoms with van der Waals surface area (Å²) in [7, 11) is 2.46. The summed E-state index contributed by atoms with van der Waals surface area (Å²) in [6, 6.07) is -0.0657. The van der Waals surface area contributed by atoms with E-state index in [9.17, 15) is 23.1 Å². The van der Waals surface area contributed by atoms with Gasteiger partial charge in [-0.1, -0.05) is 0 Å². The Bertz CT molecular complexity index is 596. The van der Waals surface area contributed by atoms with Crippen LogP contribution in [0.4, 0.5) is 23.8 Å². The number of halogens is 3. The van der Waals surface area contributed by atoms with Crippen LogP contribution in [0.1, 0.15) is 12.5 Å². The molecule has 10 heteroatoms. The molecule has 0 spiro atoms. The average molecular weight is 335 g/mol. The number of anilines is 1. The smallest absolute Gasteiger partial charge is 0.420 e. The largest absolute Gasteiger partial charge is 0.494 e. The van der Waals surface area contributed by atoms with Crippen molar-refractivity contribution in [1.82, 2.24) is 9.88 Å². The van der Waals surface area contributed by atoms with Crippen molar-refractivity contribution in [3.05, 3.63) is 17.8 Å². The molecule has 1 aliphatic heterocycles. The zero-order valence-electron chi connectivity index (χ0n) is 12.7. The van der Waals surface area contributed by atoms with Crippen molar-refractivity contribution in [2.45, 2.75) is 25.6 Å².